The number of nitrogens with zero attached hydrogens (tertiary/aromatic N) is 4. The maximum Gasteiger partial charge on any atom is 0.170 e. The first kappa shape index (κ1) is 19.3. The number of ether oxygens (including phenoxy) is 2. The average Bonchev–Trinajstić information content (AvgIpc) is 2.78. The Labute approximate surface area is 175 Å². The molecule has 4 rings (SSSR count). The van der Waals surface area contributed by atoms with Gasteiger partial charge in [-0.15, -0.1) is 0 Å². The van der Waals surface area contributed by atoms with Crippen LogP contribution >= 0.6 is 11.6 Å². The lowest BCUT2D eigenvalue weighted by Crippen LogP contribution is -2.46. The van der Waals surface area contributed by atoms with Gasteiger partial charge in [0.25, 0.3) is 0 Å². The first-order chi connectivity index (χ1) is 14.2. The molecule has 1 fully saturated rings. The summed E-state index contributed by atoms with van der Waals surface area (Å²) in [6, 6.07) is 13.7. The van der Waals surface area contributed by atoms with Crippen LogP contribution in [-0.2, 0) is 0 Å². The molecule has 0 amide bonds. The second-order valence-corrected chi connectivity index (χ2v) is 7.19. The molecule has 0 radical (unpaired) electrons. The maximum absolute atomic E-state index is 6.14. The zero-order valence-electron chi connectivity index (χ0n) is 16.5. The third-order valence-corrected chi connectivity index (χ3v) is 5.31. The van der Waals surface area contributed by atoms with E-state index in [2.05, 4.69) is 20.9 Å². The van der Waals surface area contributed by atoms with Gasteiger partial charge in [0.15, 0.2) is 11.5 Å². The van der Waals surface area contributed by atoms with Gasteiger partial charge in [0.2, 0.25) is 0 Å². The van der Waals surface area contributed by atoms with E-state index in [1.54, 1.807) is 20.4 Å². The van der Waals surface area contributed by atoms with Crippen LogP contribution in [0.2, 0.25) is 5.02 Å². The molecule has 1 aliphatic heterocycles. The Morgan fingerprint density at radius 2 is 1.66 bits per heavy atom. The van der Waals surface area contributed by atoms with Crippen molar-refractivity contribution in [2.75, 3.05) is 50.2 Å². The van der Waals surface area contributed by atoms with Gasteiger partial charge in [-0.3, -0.25) is 4.98 Å². The molecule has 0 aliphatic carbocycles. The molecule has 29 heavy (non-hydrogen) atoms. The van der Waals surface area contributed by atoms with E-state index in [4.69, 9.17) is 26.1 Å². The van der Waals surface area contributed by atoms with Crippen LogP contribution in [0.4, 0.5) is 11.5 Å². The van der Waals surface area contributed by atoms with Crippen LogP contribution in [0, 0.1) is 0 Å². The normalized spacial score (nSPS) is 14.0. The van der Waals surface area contributed by atoms with Crippen molar-refractivity contribution >= 4 is 23.1 Å². The molecule has 3 aromatic rings. The zero-order valence-corrected chi connectivity index (χ0v) is 17.3. The van der Waals surface area contributed by atoms with E-state index >= 15 is 0 Å². The number of anilines is 2. The van der Waals surface area contributed by atoms with Gasteiger partial charge in [0.05, 0.1) is 32.3 Å². The summed E-state index contributed by atoms with van der Waals surface area (Å²) >= 11 is 6.14. The monoisotopic (exact) mass is 410 g/mol. The summed E-state index contributed by atoms with van der Waals surface area (Å²) in [6.07, 6.45) is 3.56. The number of halogens is 1. The smallest absolute Gasteiger partial charge is 0.170 e. The van der Waals surface area contributed by atoms with Gasteiger partial charge < -0.3 is 19.3 Å². The lowest BCUT2D eigenvalue weighted by atomic mass is 10.1. The second kappa shape index (κ2) is 8.57. The Balaban J connectivity index is 1.53. The zero-order chi connectivity index (χ0) is 20.2. The Kier molecular flexibility index (Phi) is 5.71. The van der Waals surface area contributed by atoms with Crippen LogP contribution in [-0.4, -0.2) is 50.4 Å². The van der Waals surface area contributed by atoms with Gasteiger partial charge in [0, 0.05) is 42.5 Å². The summed E-state index contributed by atoms with van der Waals surface area (Å²) in [6.45, 7) is 3.52. The molecule has 0 unspecified atom stereocenters. The molecule has 2 aromatic carbocycles. The Hall–Kier alpha value is -2.99. The van der Waals surface area contributed by atoms with Crippen molar-refractivity contribution in [3.8, 4) is 22.8 Å². The van der Waals surface area contributed by atoms with Crippen molar-refractivity contribution < 1.29 is 9.47 Å². The highest BCUT2D eigenvalue weighted by atomic mass is 35.5. The van der Waals surface area contributed by atoms with Crippen molar-refractivity contribution in [3.63, 3.8) is 0 Å². The van der Waals surface area contributed by atoms with Crippen LogP contribution in [0.15, 0.2) is 54.9 Å². The second-order valence-electron chi connectivity index (χ2n) is 6.76. The molecule has 6 nitrogen and oxygen atoms in total. The van der Waals surface area contributed by atoms with Gasteiger partial charge in [-0.25, -0.2) is 4.98 Å². The largest absolute Gasteiger partial charge is 0.493 e. The van der Waals surface area contributed by atoms with Crippen LogP contribution in [0.5, 0.6) is 11.5 Å². The van der Waals surface area contributed by atoms with Crippen molar-refractivity contribution in [1.82, 2.24) is 9.97 Å². The third-order valence-electron chi connectivity index (χ3n) is 5.08. The van der Waals surface area contributed by atoms with Gasteiger partial charge in [0.1, 0.15) is 5.82 Å². The molecular weight excluding hydrogens is 388 g/mol. The van der Waals surface area contributed by atoms with Crippen LogP contribution in [0.1, 0.15) is 0 Å². The standard InChI is InChI=1S/C22H23ClN4O2/c1-28-20-8-4-7-18(22(20)29-2)19-14-24-15-21(25-19)27-11-9-26(10-12-27)17-6-3-5-16(23)13-17/h3-8,13-15H,9-12H2,1-2H3. The molecular formula is C22H23ClN4O2. The van der Waals surface area contributed by atoms with Crippen molar-refractivity contribution in [1.29, 1.82) is 0 Å². The van der Waals surface area contributed by atoms with Gasteiger partial charge in [-0.05, 0) is 30.3 Å². The molecule has 1 aliphatic rings. The number of para-hydroxylation sites is 1. The molecule has 0 N–H and O–H groups in total. The first-order valence-electron chi connectivity index (χ1n) is 9.48. The summed E-state index contributed by atoms with van der Waals surface area (Å²) in [5, 5.41) is 0.760. The molecule has 0 atom stereocenters. The van der Waals surface area contributed by atoms with Gasteiger partial charge >= 0.3 is 0 Å². The van der Waals surface area contributed by atoms with Gasteiger partial charge in [-0.2, -0.15) is 0 Å². The summed E-state index contributed by atoms with van der Waals surface area (Å²) < 4.78 is 11.0. The number of benzene rings is 2. The summed E-state index contributed by atoms with van der Waals surface area (Å²) in [4.78, 5) is 13.9. The van der Waals surface area contributed by atoms with Crippen LogP contribution < -0.4 is 19.3 Å². The fraction of sp³-hybridized carbons (Fsp3) is 0.273. The van der Waals surface area contributed by atoms with E-state index in [1.165, 1.54) is 0 Å². The minimum atomic E-state index is 0.659. The molecule has 1 aromatic heterocycles. The van der Waals surface area contributed by atoms with E-state index in [0.717, 1.165) is 54.0 Å². The predicted octanol–water partition coefficient (Wildman–Crippen LogP) is 4.14. The highest BCUT2D eigenvalue weighted by Crippen LogP contribution is 2.37. The van der Waals surface area contributed by atoms with E-state index in [0.29, 0.717) is 11.5 Å². The fourth-order valence-corrected chi connectivity index (χ4v) is 3.78. The Morgan fingerprint density at radius 1 is 0.897 bits per heavy atom. The first-order valence-corrected chi connectivity index (χ1v) is 9.86. The molecule has 7 heteroatoms. The molecule has 150 valence electrons. The quantitative estimate of drug-likeness (QED) is 0.630. The van der Waals surface area contributed by atoms with E-state index < -0.39 is 0 Å². The number of aromatic nitrogens is 2. The van der Waals surface area contributed by atoms with Crippen LogP contribution in [0.3, 0.4) is 0 Å². The van der Waals surface area contributed by atoms with Crippen molar-refractivity contribution in [3.05, 3.63) is 59.9 Å². The lowest BCUT2D eigenvalue weighted by Gasteiger charge is -2.36. The van der Waals surface area contributed by atoms with Gasteiger partial charge in [-0.1, -0.05) is 23.7 Å². The predicted molar refractivity (Wildman–Crippen MR) is 116 cm³/mol. The van der Waals surface area contributed by atoms with E-state index in [-0.39, 0.29) is 0 Å². The van der Waals surface area contributed by atoms with Crippen molar-refractivity contribution in [2.45, 2.75) is 0 Å². The third kappa shape index (κ3) is 4.07. The highest BCUT2D eigenvalue weighted by molar-refractivity contribution is 6.30. The van der Waals surface area contributed by atoms with Crippen LogP contribution in [0.25, 0.3) is 11.3 Å². The van der Waals surface area contributed by atoms with E-state index in [9.17, 15) is 0 Å². The minimum Gasteiger partial charge on any atom is -0.493 e. The summed E-state index contributed by atoms with van der Waals surface area (Å²) in [5.41, 5.74) is 2.77. The molecule has 0 bridgehead atoms. The number of hydrogen-bond acceptors (Lipinski definition) is 6. The average molecular weight is 411 g/mol. The fourth-order valence-electron chi connectivity index (χ4n) is 3.59. The topological polar surface area (TPSA) is 50.7 Å². The van der Waals surface area contributed by atoms with E-state index in [1.807, 2.05) is 42.6 Å². The number of rotatable bonds is 5. The SMILES string of the molecule is COc1cccc(-c2cncc(N3CCN(c4cccc(Cl)c4)CC3)n2)c1OC. The highest BCUT2D eigenvalue weighted by Gasteiger charge is 2.20. The molecule has 2 heterocycles. The Bertz CT molecular complexity index is 990. The minimum absolute atomic E-state index is 0.659. The molecule has 0 saturated carbocycles. The Morgan fingerprint density at radius 3 is 2.38 bits per heavy atom. The number of methoxy groups -OCH3 is 2. The number of hydrogen-bond donors (Lipinski definition) is 0. The summed E-state index contributed by atoms with van der Waals surface area (Å²) in [5.74, 6) is 2.19. The lowest BCUT2D eigenvalue weighted by molar-refractivity contribution is 0.356. The molecule has 0 spiro atoms. The van der Waals surface area contributed by atoms with Crippen molar-refractivity contribution in [2.24, 2.45) is 0 Å². The maximum atomic E-state index is 6.14. The summed E-state index contributed by atoms with van der Waals surface area (Å²) in [7, 11) is 3.26. The molecule has 1 saturated heterocycles. The number of piperazine rings is 1.